The monoisotopic (exact) mass is 1070 g/mol. The number of anilines is 1. The molecule has 11 rings (SSSR count). The van der Waals surface area contributed by atoms with Crippen molar-refractivity contribution in [3.63, 3.8) is 0 Å². The topological polar surface area (TPSA) is 214 Å². The van der Waals surface area contributed by atoms with Gasteiger partial charge in [0.25, 0.3) is 11.9 Å². The molecule has 3 N–H and O–H groups in total. The van der Waals surface area contributed by atoms with Gasteiger partial charge in [0.05, 0.1) is 34.3 Å². The molecule has 386 valence electrons. The summed E-state index contributed by atoms with van der Waals surface area (Å²) in [5.41, 5.74) is 8.22. The second kappa shape index (κ2) is 23.2. The van der Waals surface area contributed by atoms with Crippen molar-refractivity contribution in [2.24, 2.45) is 5.92 Å². The number of thiazole rings is 1. The van der Waals surface area contributed by atoms with E-state index in [1.165, 1.54) is 57.5 Å². The number of nitrogens with zero attached hydrogens (tertiary/aromatic N) is 6. The Morgan fingerprint density at radius 3 is 2.51 bits per heavy atom. The summed E-state index contributed by atoms with van der Waals surface area (Å²) in [5.74, 6) is 1.44. The number of thioether (sulfide) groups is 1. The van der Waals surface area contributed by atoms with Crippen LogP contribution in [0.15, 0.2) is 45.8 Å². The molecule has 4 aliphatic rings. The SMILES string of the molecule is CCOC(=O)c1sc(NC(=O)c2cc3c(s2)CCC(C)C3)nc1C.Cc1cc(C)n(-c2nc(SCC(=O)O)c3c4c(sc3n2)CCCC4)n1.Cc1cccc(-c2nc3c(o2)CCC(NC(=O)C2CCCO2)C3)c1.[HH]. The third-order valence-electron chi connectivity index (χ3n) is 13.1. The first-order chi connectivity index (χ1) is 35.2. The van der Waals surface area contributed by atoms with Gasteiger partial charge in [-0.2, -0.15) is 10.1 Å². The van der Waals surface area contributed by atoms with Gasteiger partial charge in [-0.1, -0.05) is 47.7 Å². The Balaban J connectivity index is 0.000000147. The van der Waals surface area contributed by atoms with Crippen LogP contribution < -0.4 is 10.6 Å². The highest BCUT2D eigenvalue weighted by molar-refractivity contribution is 8.00. The molecule has 0 bridgehead atoms. The van der Waals surface area contributed by atoms with E-state index in [2.05, 4.69) is 51.7 Å². The molecular formula is C53H62N8O8S4. The van der Waals surface area contributed by atoms with Crippen LogP contribution in [0.4, 0.5) is 5.13 Å². The number of aryl methyl sites for hydroxylation is 8. The number of carboxylic acids is 1. The van der Waals surface area contributed by atoms with Crippen molar-refractivity contribution in [1.82, 2.24) is 35.0 Å². The normalized spacial score (nSPS) is 17.8. The molecule has 2 amide bonds. The third kappa shape index (κ3) is 12.4. The zero-order chi connectivity index (χ0) is 51.3. The van der Waals surface area contributed by atoms with Crippen molar-refractivity contribution in [2.75, 3.05) is 24.3 Å². The Hall–Kier alpha value is -5.80. The first-order valence-electron chi connectivity index (χ1n) is 24.9. The van der Waals surface area contributed by atoms with Crippen LogP contribution in [0.2, 0.25) is 0 Å². The zero-order valence-electron chi connectivity index (χ0n) is 41.9. The number of oxazole rings is 1. The lowest BCUT2D eigenvalue weighted by Gasteiger charge is -2.23. The first-order valence-corrected chi connectivity index (χ1v) is 28.4. The molecule has 0 saturated carbocycles. The maximum atomic E-state index is 12.5. The zero-order valence-corrected chi connectivity index (χ0v) is 45.2. The van der Waals surface area contributed by atoms with Crippen LogP contribution in [0.3, 0.4) is 0 Å². The quantitative estimate of drug-likeness (QED) is 0.0625. The van der Waals surface area contributed by atoms with Gasteiger partial charge in [-0.05, 0) is 140 Å². The number of fused-ring (bicyclic) bond motifs is 5. The van der Waals surface area contributed by atoms with Crippen molar-refractivity contribution in [2.45, 2.75) is 136 Å². The second-order valence-electron chi connectivity index (χ2n) is 19.0. The summed E-state index contributed by atoms with van der Waals surface area (Å²) in [6, 6.07) is 12.3. The number of thiophene rings is 2. The van der Waals surface area contributed by atoms with Gasteiger partial charge in [-0.25, -0.2) is 24.4 Å². The van der Waals surface area contributed by atoms with E-state index in [-0.39, 0.29) is 31.1 Å². The van der Waals surface area contributed by atoms with Crippen LogP contribution in [0, 0.1) is 33.6 Å². The van der Waals surface area contributed by atoms with Crippen molar-refractivity contribution in [3.05, 3.63) is 101 Å². The van der Waals surface area contributed by atoms with E-state index in [1.807, 2.05) is 38.1 Å². The number of hydrogen-bond acceptors (Lipinski definition) is 16. The van der Waals surface area contributed by atoms with E-state index in [4.69, 9.17) is 29.0 Å². The average Bonchev–Trinajstić information content (AvgIpc) is 4.24. The fourth-order valence-electron chi connectivity index (χ4n) is 9.57. The lowest BCUT2D eigenvalue weighted by Crippen LogP contribution is -2.43. The molecule has 6 aromatic heterocycles. The fraction of sp³-hybridized carbons (Fsp3) is 0.453. The van der Waals surface area contributed by atoms with Crippen LogP contribution in [-0.2, 0) is 57.6 Å². The largest absolute Gasteiger partial charge is 0.481 e. The van der Waals surface area contributed by atoms with Gasteiger partial charge in [-0.15, -0.1) is 22.7 Å². The number of ether oxygens (including phenoxy) is 2. The lowest BCUT2D eigenvalue weighted by molar-refractivity contribution is -0.134. The molecule has 7 aromatic rings. The van der Waals surface area contributed by atoms with Crippen LogP contribution >= 0.6 is 45.8 Å². The molecule has 1 aliphatic heterocycles. The van der Waals surface area contributed by atoms with Gasteiger partial charge in [0.2, 0.25) is 11.8 Å². The highest BCUT2D eigenvalue weighted by Gasteiger charge is 2.30. The minimum absolute atomic E-state index is 0. The summed E-state index contributed by atoms with van der Waals surface area (Å²) < 4.78 is 18.1. The maximum absolute atomic E-state index is 12.5. The van der Waals surface area contributed by atoms with E-state index in [0.29, 0.717) is 51.6 Å². The molecule has 0 radical (unpaired) electrons. The number of benzene rings is 1. The number of esters is 1. The van der Waals surface area contributed by atoms with Crippen molar-refractivity contribution >= 4 is 84.9 Å². The lowest BCUT2D eigenvalue weighted by atomic mass is 9.90. The number of hydrogen-bond donors (Lipinski definition) is 3. The Morgan fingerprint density at radius 2 is 1.75 bits per heavy atom. The number of aliphatic carboxylic acids is 1. The summed E-state index contributed by atoms with van der Waals surface area (Å²) in [4.78, 5) is 70.8. The van der Waals surface area contributed by atoms with Gasteiger partial charge in [0, 0.05) is 53.3 Å². The van der Waals surface area contributed by atoms with Gasteiger partial charge in [-0.3, -0.25) is 19.7 Å². The van der Waals surface area contributed by atoms with Crippen molar-refractivity contribution in [1.29, 1.82) is 0 Å². The van der Waals surface area contributed by atoms with Crippen LogP contribution in [0.5, 0.6) is 0 Å². The maximum Gasteiger partial charge on any atom is 0.350 e. The number of amides is 2. The van der Waals surface area contributed by atoms with Crippen molar-refractivity contribution < 1.29 is 39.6 Å². The predicted octanol–water partition coefficient (Wildman–Crippen LogP) is 10.7. The van der Waals surface area contributed by atoms with Gasteiger partial charge >= 0.3 is 11.9 Å². The summed E-state index contributed by atoms with van der Waals surface area (Å²) in [6.45, 7) is 12.7. The van der Waals surface area contributed by atoms with E-state index in [9.17, 15) is 19.2 Å². The number of carbonyl (C=O) groups excluding carboxylic acids is 3. The molecule has 1 aromatic carbocycles. The summed E-state index contributed by atoms with van der Waals surface area (Å²) in [7, 11) is 0. The van der Waals surface area contributed by atoms with Crippen LogP contribution in [-0.4, -0.2) is 89.7 Å². The number of carboxylic acid groups (broad SMARTS) is 1. The summed E-state index contributed by atoms with van der Waals surface area (Å²) >= 11 is 5.70. The molecule has 20 heteroatoms. The number of aromatic nitrogens is 6. The Kier molecular flexibility index (Phi) is 16.5. The van der Waals surface area contributed by atoms with E-state index >= 15 is 0 Å². The van der Waals surface area contributed by atoms with Crippen LogP contribution in [0.1, 0.15) is 128 Å². The molecule has 3 aliphatic carbocycles. The number of rotatable bonds is 11. The van der Waals surface area contributed by atoms with E-state index < -0.39 is 11.9 Å². The van der Waals surface area contributed by atoms with Gasteiger partial charge in [0.15, 0.2) is 5.13 Å². The van der Waals surface area contributed by atoms with Gasteiger partial charge < -0.3 is 24.3 Å². The van der Waals surface area contributed by atoms with Crippen molar-refractivity contribution in [3.8, 4) is 17.4 Å². The summed E-state index contributed by atoms with van der Waals surface area (Å²) in [5, 5.41) is 21.7. The predicted molar refractivity (Wildman–Crippen MR) is 287 cm³/mol. The fourth-order valence-corrected chi connectivity index (χ4v) is 13.6. The summed E-state index contributed by atoms with van der Waals surface area (Å²) in [6.07, 6.45) is 11.7. The smallest absolute Gasteiger partial charge is 0.350 e. The molecule has 1 fully saturated rings. The number of carbonyl (C=O) groups is 4. The molecule has 3 atom stereocenters. The Bertz CT molecular complexity index is 3170. The minimum Gasteiger partial charge on any atom is -0.481 e. The van der Waals surface area contributed by atoms with Crippen LogP contribution in [0.25, 0.3) is 27.6 Å². The van der Waals surface area contributed by atoms with Gasteiger partial charge in [0.1, 0.15) is 26.6 Å². The molecule has 7 heterocycles. The average molecular weight is 1070 g/mol. The first kappa shape index (κ1) is 52.1. The minimum atomic E-state index is -0.839. The Labute approximate surface area is 441 Å². The van der Waals surface area contributed by atoms with E-state index in [1.54, 1.807) is 41.2 Å². The molecule has 1 saturated heterocycles. The Morgan fingerprint density at radius 1 is 0.918 bits per heavy atom. The highest BCUT2D eigenvalue weighted by Crippen LogP contribution is 2.40. The molecular weight excluding hydrogens is 1000 g/mol. The molecule has 73 heavy (non-hydrogen) atoms. The highest BCUT2D eigenvalue weighted by atomic mass is 32.2. The standard InChI is InChI=1S/C19H22N2O3.C17H18N4O2S2.C17H20N2O3S2.H2/c1-12-4-2-5-13(10-12)19-21-15-11-14(7-8-16(15)24-19)20-18(22)17-6-3-9-23-17;1-9-7-10(2)21(20-9)17-18-15(24-8-13(22)23)14-11-5-3-4-6-12(11)25-16(14)19-17;1-4-22-16(21)14-10(3)18-17(24-14)19-15(20)13-8-11-7-9(2)5-6-12(11)23-13;/h2,4-5,10,14,17H,3,6-9,11H2,1H3,(H,20,22);7H,3-6,8H2,1-2H3,(H,22,23);8-9H,4-7H2,1-3H3,(H,18,19,20);1H. The molecule has 0 spiro atoms. The molecule has 16 nitrogen and oxygen atoms in total. The van der Waals surface area contributed by atoms with E-state index in [0.717, 1.165) is 113 Å². The second-order valence-corrected chi connectivity index (χ2v) is 23.1. The number of nitrogens with one attached hydrogen (secondary N) is 2. The molecule has 3 unspecified atom stereocenters. The third-order valence-corrected chi connectivity index (χ3v) is 17.5.